The third-order valence-electron chi connectivity index (χ3n) is 4.69. The van der Waals surface area contributed by atoms with Crippen LogP contribution in [0.15, 0.2) is 54.6 Å². The highest BCUT2D eigenvalue weighted by Crippen LogP contribution is 2.18. The molecule has 2 aromatic rings. The molecule has 3 rings (SSSR count). The topological polar surface area (TPSA) is 15.3 Å². The van der Waals surface area contributed by atoms with Crippen LogP contribution >= 0.6 is 0 Å². The molecule has 2 aromatic carbocycles. The quantitative estimate of drug-likeness (QED) is 0.876. The summed E-state index contributed by atoms with van der Waals surface area (Å²) < 4.78 is 14.0. The van der Waals surface area contributed by atoms with Crippen LogP contribution in [0.4, 0.5) is 4.39 Å². The molecule has 23 heavy (non-hydrogen) atoms. The van der Waals surface area contributed by atoms with E-state index < -0.39 is 0 Å². The molecule has 0 radical (unpaired) electrons. The van der Waals surface area contributed by atoms with Gasteiger partial charge in [-0.3, -0.25) is 4.90 Å². The minimum Gasteiger partial charge on any atom is -0.317 e. The Labute approximate surface area is 138 Å². The van der Waals surface area contributed by atoms with E-state index in [1.165, 1.54) is 5.56 Å². The van der Waals surface area contributed by atoms with Crippen molar-refractivity contribution in [3.8, 4) is 0 Å². The summed E-state index contributed by atoms with van der Waals surface area (Å²) in [5.41, 5.74) is 2.15. The van der Waals surface area contributed by atoms with Gasteiger partial charge in [0.2, 0.25) is 0 Å². The first-order chi connectivity index (χ1) is 11.3. The fourth-order valence-corrected chi connectivity index (χ4v) is 3.33. The maximum absolute atomic E-state index is 14.0. The van der Waals surface area contributed by atoms with E-state index in [1.807, 2.05) is 18.2 Å². The van der Waals surface area contributed by atoms with E-state index in [0.29, 0.717) is 12.6 Å². The van der Waals surface area contributed by atoms with Crippen LogP contribution in [0.1, 0.15) is 24.0 Å². The number of hydrogen-bond donors (Lipinski definition) is 1. The molecule has 1 saturated heterocycles. The van der Waals surface area contributed by atoms with Gasteiger partial charge < -0.3 is 5.32 Å². The SMILES string of the molecule is Fc1ccccc1CN(CCc1ccccc1)C1CCNCC1. The molecule has 0 aliphatic carbocycles. The number of piperidine rings is 1. The van der Waals surface area contributed by atoms with Crippen molar-refractivity contribution >= 4 is 0 Å². The molecule has 1 heterocycles. The summed E-state index contributed by atoms with van der Waals surface area (Å²) in [6.07, 6.45) is 3.30. The number of benzene rings is 2. The molecule has 122 valence electrons. The van der Waals surface area contributed by atoms with Crippen LogP contribution in [0.2, 0.25) is 0 Å². The summed E-state index contributed by atoms with van der Waals surface area (Å²) in [5, 5.41) is 3.42. The molecular weight excluding hydrogens is 287 g/mol. The fraction of sp³-hybridized carbons (Fsp3) is 0.400. The normalized spacial score (nSPS) is 15.9. The van der Waals surface area contributed by atoms with Crippen LogP contribution in [-0.2, 0) is 13.0 Å². The zero-order valence-electron chi connectivity index (χ0n) is 13.5. The zero-order chi connectivity index (χ0) is 15.9. The summed E-state index contributed by atoms with van der Waals surface area (Å²) in [6.45, 7) is 3.79. The van der Waals surface area contributed by atoms with Gasteiger partial charge in [-0.25, -0.2) is 4.39 Å². The number of nitrogens with one attached hydrogen (secondary N) is 1. The van der Waals surface area contributed by atoms with Gasteiger partial charge in [0.1, 0.15) is 5.82 Å². The van der Waals surface area contributed by atoms with Crippen LogP contribution in [0, 0.1) is 5.82 Å². The highest BCUT2D eigenvalue weighted by Gasteiger charge is 2.21. The zero-order valence-corrected chi connectivity index (χ0v) is 13.5. The molecule has 0 unspecified atom stereocenters. The Kier molecular flexibility index (Phi) is 5.78. The molecule has 0 bridgehead atoms. The van der Waals surface area contributed by atoms with Gasteiger partial charge in [-0.15, -0.1) is 0 Å². The van der Waals surface area contributed by atoms with Crippen molar-refractivity contribution in [1.29, 1.82) is 0 Å². The Morgan fingerprint density at radius 1 is 0.957 bits per heavy atom. The fourth-order valence-electron chi connectivity index (χ4n) is 3.33. The molecule has 0 atom stereocenters. The lowest BCUT2D eigenvalue weighted by Gasteiger charge is -2.35. The largest absolute Gasteiger partial charge is 0.317 e. The van der Waals surface area contributed by atoms with Crippen molar-refractivity contribution in [3.05, 3.63) is 71.5 Å². The van der Waals surface area contributed by atoms with Crippen LogP contribution in [0.3, 0.4) is 0 Å². The first-order valence-electron chi connectivity index (χ1n) is 8.55. The molecule has 1 aliphatic rings. The van der Waals surface area contributed by atoms with E-state index in [2.05, 4.69) is 34.5 Å². The van der Waals surface area contributed by atoms with Gasteiger partial charge in [0, 0.05) is 24.7 Å². The second kappa shape index (κ2) is 8.23. The third kappa shape index (κ3) is 4.63. The predicted molar refractivity (Wildman–Crippen MR) is 92.8 cm³/mol. The molecule has 0 spiro atoms. The lowest BCUT2D eigenvalue weighted by atomic mass is 10.0. The summed E-state index contributed by atoms with van der Waals surface area (Å²) in [6, 6.07) is 18.3. The average molecular weight is 312 g/mol. The molecule has 1 fully saturated rings. The van der Waals surface area contributed by atoms with Crippen molar-refractivity contribution in [1.82, 2.24) is 10.2 Å². The van der Waals surface area contributed by atoms with Gasteiger partial charge >= 0.3 is 0 Å². The van der Waals surface area contributed by atoms with Crippen molar-refractivity contribution in [2.45, 2.75) is 31.8 Å². The highest BCUT2D eigenvalue weighted by molar-refractivity contribution is 5.18. The third-order valence-corrected chi connectivity index (χ3v) is 4.69. The number of nitrogens with zero attached hydrogens (tertiary/aromatic N) is 1. The van der Waals surface area contributed by atoms with Crippen LogP contribution < -0.4 is 5.32 Å². The maximum Gasteiger partial charge on any atom is 0.127 e. The number of hydrogen-bond acceptors (Lipinski definition) is 2. The Balaban J connectivity index is 1.69. The van der Waals surface area contributed by atoms with Crippen molar-refractivity contribution < 1.29 is 4.39 Å². The van der Waals surface area contributed by atoms with Crippen LogP contribution in [-0.4, -0.2) is 30.6 Å². The van der Waals surface area contributed by atoms with Crippen LogP contribution in [0.25, 0.3) is 0 Å². The second-order valence-corrected chi connectivity index (χ2v) is 6.28. The molecule has 3 heteroatoms. The summed E-state index contributed by atoms with van der Waals surface area (Å²) in [4.78, 5) is 2.46. The second-order valence-electron chi connectivity index (χ2n) is 6.28. The predicted octanol–water partition coefficient (Wildman–Crippen LogP) is 3.62. The van der Waals surface area contributed by atoms with Gasteiger partial charge in [-0.05, 0) is 44.0 Å². The van der Waals surface area contributed by atoms with Gasteiger partial charge in [0.05, 0.1) is 0 Å². The van der Waals surface area contributed by atoms with Crippen molar-refractivity contribution in [2.75, 3.05) is 19.6 Å². The molecule has 1 N–H and O–H groups in total. The lowest BCUT2D eigenvalue weighted by molar-refractivity contribution is 0.154. The van der Waals surface area contributed by atoms with E-state index in [9.17, 15) is 4.39 Å². The highest BCUT2D eigenvalue weighted by atomic mass is 19.1. The van der Waals surface area contributed by atoms with Gasteiger partial charge in [-0.1, -0.05) is 48.5 Å². The minimum absolute atomic E-state index is 0.0915. The monoisotopic (exact) mass is 312 g/mol. The molecule has 1 aliphatic heterocycles. The Hall–Kier alpha value is -1.71. The standard InChI is InChI=1S/C20H25FN2/c21-20-9-5-4-8-18(20)16-23(19-10-13-22-14-11-19)15-12-17-6-2-1-3-7-17/h1-9,19,22H,10-16H2. The molecule has 0 aromatic heterocycles. The van der Waals surface area contributed by atoms with Gasteiger partial charge in [0.15, 0.2) is 0 Å². The smallest absolute Gasteiger partial charge is 0.127 e. The van der Waals surface area contributed by atoms with Crippen molar-refractivity contribution in [2.24, 2.45) is 0 Å². The lowest BCUT2D eigenvalue weighted by Crippen LogP contribution is -2.43. The van der Waals surface area contributed by atoms with E-state index >= 15 is 0 Å². The average Bonchev–Trinajstić information content (AvgIpc) is 2.62. The Morgan fingerprint density at radius 2 is 1.65 bits per heavy atom. The summed E-state index contributed by atoms with van der Waals surface area (Å²) in [7, 11) is 0. The van der Waals surface area contributed by atoms with Gasteiger partial charge in [-0.2, -0.15) is 0 Å². The minimum atomic E-state index is -0.0915. The van der Waals surface area contributed by atoms with Crippen LogP contribution in [0.5, 0.6) is 0 Å². The molecule has 0 saturated carbocycles. The number of rotatable bonds is 6. The first kappa shape index (κ1) is 16.2. The molecule has 0 amide bonds. The Morgan fingerprint density at radius 3 is 2.39 bits per heavy atom. The summed E-state index contributed by atoms with van der Waals surface area (Å²) >= 11 is 0. The Bertz CT molecular complexity index is 594. The number of halogens is 1. The van der Waals surface area contributed by atoms with E-state index in [0.717, 1.165) is 44.5 Å². The van der Waals surface area contributed by atoms with E-state index in [1.54, 1.807) is 12.1 Å². The van der Waals surface area contributed by atoms with E-state index in [4.69, 9.17) is 0 Å². The van der Waals surface area contributed by atoms with Crippen molar-refractivity contribution in [3.63, 3.8) is 0 Å². The van der Waals surface area contributed by atoms with Gasteiger partial charge in [0.25, 0.3) is 0 Å². The van der Waals surface area contributed by atoms with E-state index in [-0.39, 0.29) is 5.82 Å². The first-order valence-corrected chi connectivity index (χ1v) is 8.55. The maximum atomic E-state index is 14.0. The molecular formula is C20H25FN2. The summed E-state index contributed by atoms with van der Waals surface area (Å²) in [5.74, 6) is -0.0915. The molecule has 2 nitrogen and oxygen atoms in total.